The van der Waals surface area contributed by atoms with E-state index in [9.17, 15) is 19.8 Å². The summed E-state index contributed by atoms with van der Waals surface area (Å²) in [5.41, 5.74) is -2.36. The number of hydrogen-bond acceptors (Lipinski definition) is 5. The van der Waals surface area contributed by atoms with Crippen LogP contribution in [0.1, 0.15) is 45.4 Å². The fourth-order valence-corrected chi connectivity index (χ4v) is 1.51. The van der Waals surface area contributed by atoms with E-state index >= 15 is 0 Å². The maximum atomic E-state index is 11.5. The molecule has 0 amide bonds. The quantitative estimate of drug-likeness (QED) is 0.378. The summed E-state index contributed by atoms with van der Waals surface area (Å²) in [7, 11) is 0. The van der Waals surface area contributed by atoms with Crippen LogP contribution in [0.2, 0.25) is 0 Å². The molecule has 100 valence electrons. The predicted molar refractivity (Wildman–Crippen MR) is 62.5 cm³/mol. The van der Waals surface area contributed by atoms with Crippen molar-refractivity contribution in [3.05, 3.63) is 0 Å². The van der Waals surface area contributed by atoms with E-state index in [1.54, 1.807) is 0 Å². The zero-order chi connectivity index (χ0) is 13.3. The molecule has 0 saturated carbocycles. The highest BCUT2D eigenvalue weighted by atomic mass is 16.4. The molecule has 5 nitrogen and oxygen atoms in total. The average molecular weight is 246 g/mol. The zero-order valence-corrected chi connectivity index (χ0v) is 10.3. The van der Waals surface area contributed by atoms with Crippen molar-refractivity contribution in [2.24, 2.45) is 0 Å². The zero-order valence-electron chi connectivity index (χ0n) is 10.3. The molecule has 0 aliphatic rings. The normalized spacial score (nSPS) is 16.2. The van der Waals surface area contributed by atoms with Crippen LogP contribution in [0.4, 0.5) is 0 Å². The molecule has 3 N–H and O–H groups in total. The van der Waals surface area contributed by atoms with Crippen LogP contribution in [0, 0.1) is 0 Å². The van der Waals surface area contributed by atoms with Gasteiger partial charge in [-0.3, -0.25) is 9.59 Å². The van der Waals surface area contributed by atoms with Crippen LogP contribution in [-0.4, -0.2) is 45.7 Å². The lowest BCUT2D eigenvalue weighted by atomic mass is 9.93. The fraction of sp³-hybridized carbons (Fsp3) is 0.833. The van der Waals surface area contributed by atoms with E-state index < -0.39 is 24.1 Å². The smallest absolute Gasteiger partial charge is 0.175 e. The Bertz CT molecular complexity index is 241. The molecule has 0 aromatic carbocycles. The van der Waals surface area contributed by atoms with Gasteiger partial charge in [0.25, 0.3) is 0 Å². The first-order valence-electron chi connectivity index (χ1n) is 6.02. The Kier molecular flexibility index (Phi) is 7.95. The number of rotatable bonds is 10. The Morgan fingerprint density at radius 2 is 1.88 bits per heavy atom. The Labute approximate surface area is 101 Å². The topological polar surface area (TPSA) is 94.8 Å². The van der Waals surface area contributed by atoms with E-state index in [1.807, 2.05) is 0 Å². The van der Waals surface area contributed by atoms with Crippen LogP contribution in [-0.2, 0) is 9.59 Å². The lowest BCUT2D eigenvalue weighted by molar-refractivity contribution is -0.156. The third-order valence-corrected chi connectivity index (χ3v) is 2.76. The third kappa shape index (κ3) is 5.39. The van der Waals surface area contributed by atoms with Gasteiger partial charge >= 0.3 is 0 Å². The van der Waals surface area contributed by atoms with E-state index in [0.717, 1.165) is 25.7 Å². The second kappa shape index (κ2) is 8.33. The maximum Gasteiger partial charge on any atom is 0.175 e. The number of hydrogen-bond donors (Lipinski definition) is 3. The molecule has 2 atom stereocenters. The fourth-order valence-electron chi connectivity index (χ4n) is 1.51. The Balaban J connectivity index is 4.01. The Hall–Kier alpha value is -0.780. The lowest BCUT2D eigenvalue weighted by Crippen LogP contribution is -2.51. The second-order valence-electron chi connectivity index (χ2n) is 4.30. The van der Waals surface area contributed by atoms with Gasteiger partial charge in [-0.1, -0.05) is 32.6 Å². The number of carbonyl (C=O) groups is 2. The molecule has 0 bridgehead atoms. The Morgan fingerprint density at radius 1 is 1.29 bits per heavy atom. The molecule has 0 heterocycles. The van der Waals surface area contributed by atoms with Gasteiger partial charge in [-0.15, -0.1) is 0 Å². The summed E-state index contributed by atoms with van der Waals surface area (Å²) in [5.74, 6) is -0.606. The largest absolute Gasteiger partial charge is 0.393 e. The Morgan fingerprint density at radius 3 is 2.35 bits per heavy atom. The molecule has 0 rings (SSSR count). The molecule has 0 aromatic rings. The van der Waals surface area contributed by atoms with Crippen molar-refractivity contribution in [1.29, 1.82) is 0 Å². The summed E-state index contributed by atoms with van der Waals surface area (Å²) < 4.78 is 0. The van der Waals surface area contributed by atoms with Gasteiger partial charge in [0, 0.05) is 6.42 Å². The van der Waals surface area contributed by atoms with Crippen molar-refractivity contribution in [1.82, 2.24) is 0 Å². The summed E-state index contributed by atoms with van der Waals surface area (Å²) in [6.45, 7) is 1.12. The average Bonchev–Trinajstić information content (AvgIpc) is 2.36. The number of aldehydes is 1. The second-order valence-corrected chi connectivity index (χ2v) is 4.30. The van der Waals surface area contributed by atoms with Gasteiger partial charge < -0.3 is 15.3 Å². The summed E-state index contributed by atoms with van der Waals surface area (Å²) in [6, 6.07) is 0. The first-order valence-corrected chi connectivity index (χ1v) is 6.02. The summed E-state index contributed by atoms with van der Waals surface area (Å²) in [4.78, 5) is 22.0. The van der Waals surface area contributed by atoms with Gasteiger partial charge in [0.1, 0.15) is 6.10 Å². The van der Waals surface area contributed by atoms with Gasteiger partial charge in [0.05, 0.1) is 6.61 Å². The minimum atomic E-state index is -2.36. The molecule has 17 heavy (non-hydrogen) atoms. The van der Waals surface area contributed by atoms with E-state index in [1.165, 1.54) is 0 Å². The van der Waals surface area contributed by atoms with Crippen LogP contribution < -0.4 is 0 Å². The minimum Gasteiger partial charge on any atom is -0.393 e. The number of unbranched alkanes of at least 4 members (excludes halogenated alkanes) is 4. The SMILES string of the molecule is CCCCCCCC(=O)C(O)C(O)(C=O)CO. The molecular weight excluding hydrogens is 224 g/mol. The number of Topliss-reactive ketones (excluding diaryl/α,β-unsaturated/α-hetero) is 1. The number of aliphatic hydroxyl groups excluding tert-OH is 2. The third-order valence-electron chi connectivity index (χ3n) is 2.76. The van der Waals surface area contributed by atoms with E-state index in [2.05, 4.69) is 6.92 Å². The molecule has 0 spiro atoms. The number of aliphatic hydroxyl groups is 3. The maximum absolute atomic E-state index is 11.5. The van der Waals surface area contributed by atoms with Gasteiger partial charge in [0.15, 0.2) is 17.7 Å². The standard InChI is InChI=1S/C12H22O5/c1-2-3-4-5-6-7-10(15)11(16)12(17,8-13)9-14/h8,11,14,16-17H,2-7,9H2,1H3. The van der Waals surface area contributed by atoms with Crippen LogP contribution in [0.5, 0.6) is 0 Å². The van der Waals surface area contributed by atoms with Crippen molar-refractivity contribution >= 4 is 12.1 Å². The first-order chi connectivity index (χ1) is 8.01. The van der Waals surface area contributed by atoms with Crippen LogP contribution in [0.3, 0.4) is 0 Å². The van der Waals surface area contributed by atoms with Gasteiger partial charge in [0.2, 0.25) is 0 Å². The predicted octanol–water partition coefficient (Wildman–Crippen LogP) is 0.199. The van der Waals surface area contributed by atoms with Crippen LogP contribution in [0.15, 0.2) is 0 Å². The van der Waals surface area contributed by atoms with Crippen molar-refractivity contribution < 1.29 is 24.9 Å². The number of carbonyl (C=O) groups excluding carboxylic acids is 2. The molecule has 2 unspecified atom stereocenters. The monoisotopic (exact) mass is 246 g/mol. The molecule has 0 saturated heterocycles. The summed E-state index contributed by atoms with van der Waals surface area (Å²) in [6.07, 6.45) is 3.01. The van der Waals surface area contributed by atoms with Crippen molar-refractivity contribution in [3.8, 4) is 0 Å². The molecular formula is C12H22O5. The van der Waals surface area contributed by atoms with Gasteiger partial charge in [-0.2, -0.15) is 0 Å². The van der Waals surface area contributed by atoms with Crippen LogP contribution in [0.25, 0.3) is 0 Å². The number of ketones is 1. The molecule has 0 aliphatic carbocycles. The van der Waals surface area contributed by atoms with Gasteiger partial charge in [-0.25, -0.2) is 0 Å². The van der Waals surface area contributed by atoms with E-state index in [0.29, 0.717) is 6.42 Å². The van der Waals surface area contributed by atoms with Crippen molar-refractivity contribution in [2.75, 3.05) is 6.61 Å². The summed E-state index contributed by atoms with van der Waals surface area (Å²) >= 11 is 0. The highest BCUT2D eigenvalue weighted by Gasteiger charge is 2.39. The van der Waals surface area contributed by atoms with Crippen molar-refractivity contribution in [3.63, 3.8) is 0 Å². The first kappa shape index (κ1) is 16.2. The van der Waals surface area contributed by atoms with E-state index in [-0.39, 0.29) is 12.7 Å². The molecule has 5 heteroatoms. The highest BCUT2D eigenvalue weighted by Crippen LogP contribution is 2.13. The summed E-state index contributed by atoms with van der Waals surface area (Å²) in [5, 5.41) is 27.6. The highest BCUT2D eigenvalue weighted by molar-refractivity contribution is 5.88. The molecule has 0 aliphatic heterocycles. The molecule has 0 fully saturated rings. The molecule has 0 aromatic heterocycles. The minimum absolute atomic E-state index is 0.00660. The van der Waals surface area contributed by atoms with Crippen molar-refractivity contribution in [2.45, 2.75) is 57.2 Å². The molecule has 0 radical (unpaired) electrons. The lowest BCUT2D eigenvalue weighted by Gasteiger charge is -2.23. The van der Waals surface area contributed by atoms with Gasteiger partial charge in [-0.05, 0) is 6.42 Å². The van der Waals surface area contributed by atoms with E-state index in [4.69, 9.17) is 5.11 Å². The van der Waals surface area contributed by atoms with Crippen LogP contribution >= 0.6 is 0 Å².